The summed E-state index contributed by atoms with van der Waals surface area (Å²) >= 11 is 0. The number of hydrogen-bond donors (Lipinski definition) is 3. The predicted octanol–water partition coefficient (Wildman–Crippen LogP) is 0.680. The number of carbonyl (C=O) groups excluding carboxylic acids is 2. The Bertz CT molecular complexity index is 449. The Hall–Kier alpha value is -2.24. The SMILES string of the molecule is CCCNC(=O)CCNC(=O)COc1ccccc1N. The van der Waals surface area contributed by atoms with Gasteiger partial charge in [0, 0.05) is 19.5 Å². The molecule has 110 valence electrons. The van der Waals surface area contributed by atoms with Gasteiger partial charge in [0.1, 0.15) is 5.75 Å². The fourth-order valence-corrected chi connectivity index (χ4v) is 1.47. The third-order valence-corrected chi connectivity index (χ3v) is 2.52. The Kier molecular flexibility index (Phi) is 6.95. The molecule has 0 aliphatic rings. The van der Waals surface area contributed by atoms with E-state index < -0.39 is 0 Å². The predicted molar refractivity (Wildman–Crippen MR) is 77.3 cm³/mol. The highest BCUT2D eigenvalue weighted by atomic mass is 16.5. The van der Waals surface area contributed by atoms with Crippen molar-refractivity contribution in [3.8, 4) is 5.75 Å². The molecule has 20 heavy (non-hydrogen) atoms. The van der Waals surface area contributed by atoms with Crippen LogP contribution in [0.2, 0.25) is 0 Å². The molecule has 0 atom stereocenters. The summed E-state index contributed by atoms with van der Waals surface area (Å²) < 4.78 is 5.28. The molecule has 0 radical (unpaired) electrons. The van der Waals surface area contributed by atoms with Crippen LogP contribution < -0.4 is 21.1 Å². The van der Waals surface area contributed by atoms with Gasteiger partial charge in [-0.05, 0) is 18.6 Å². The highest BCUT2D eigenvalue weighted by molar-refractivity contribution is 5.79. The number of amides is 2. The molecule has 0 unspecified atom stereocenters. The maximum absolute atomic E-state index is 11.5. The minimum atomic E-state index is -0.281. The van der Waals surface area contributed by atoms with Crippen LogP contribution in [0.4, 0.5) is 5.69 Å². The lowest BCUT2D eigenvalue weighted by molar-refractivity contribution is -0.123. The zero-order valence-electron chi connectivity index (χ0n) is 11.6. The average molecular weight is 279 g/mol. The zero-order chi connectivity index (χ0) is 14.8. The lowest BCUT2D eigenvalue weighted by Crippen LogP contribution is -2.33. The monoisotopic (exact) mass is 279 g/mol. The van der Waals surface area contributed by atoms with Crippen molar-refractivity contribution >= 4 is 17.5 Å². The van der Waals surface area contributed by atoms with E-state index in [0.29, 0.717) is 24.5 Å². The van der Waals surface area contributed by atoms with Crippen LogP contribution in [0.15, 0.2) is 24.3 Å². The van der Waals surface area contributed by atoms with Gasteiger partial charge in [0.25, 0.3) is 5.91 Å². The number of para-hydroxylation sites is 2. The van der Waals surface area contributed by atoms with Crippen LogP contribution in [-0.2, 0) is 9.59 Å². The van der Waals surface area contributed by atoms with E-state index in [9.17, 15) is 9.59 Å². The summed E-state index contributed by atoms with van der Waals surface area (Å²) in [6.45, 7) is 2.81. The zero-order valence-corrected chi connectivity index (χ0v) is 11.6. The Balaban J connectivity index is 2.18. The van der Waals surface area contributed by atoms with Crippen LogP contribution in [0.3, 0.4) is 0 Å². The second kappa shape index (κ2) is 8.79. The van der Waals surface area contributed by atoms with Crippen molar-refractivity contribution < 1.29 is 14.3 Å². The summed E-state index contributed by atoms with van der Waals surface area (Å²) in [5.41, 5.74) is 6.17. The first-order valence-corrected chi connectivity index (χ1v) is 6.64. The standard InChI is InChI=1S/C14H21N3O3/c1-2-8-16-13(18)7-9-17-14(19)10-20-12-6-4-3-5-11(12)15/h3-6H,2,7-10,15H2,1H3,(H,16,18)(H,17,19). The first-order valence-electron chi connectivity index (χ1n) is 6.64. The van der Waals surface area contributed by atoms with Crippen LogP contribution in [0.1, 0.15) is 19.8 Å². The topological polar surface area (TPSA) is 93.5 Å². The number of rotatable bonds is 8. The molecule has 0 spiro atoms. The van der Waals surface area contributed by atoms with Crippen molar-refractivity contribution in [1.82, 2.24) is 10.6 Å². The molecular formula is C14H21N3O3. The van der Waals surface area contributed by atoms with E-state index in [1.54, 1.807) is 24.3 Å². The number of nitrogens with two attached hydrogens (primary N) is 1. The highest BCUT2D eigenvalue weighted by Crippen LogP contribution is 2.19. The van der Waals surface area contributed by atoms with Crippen molar-refractivity contribution in [3.63, 3.8) is 0 Å². The van der Waals surface area contributed by atoms with Crippen LogP contribution in [0.25, 0.3) is 0 Å². The van der Waals surface area contributed by atoms with E-state index in [2.05, 4.69) is 10.6 Å². The van der Waals surface area contributed by atoms with E-state index in [1.807, 2.05) is 6.92 Å². The van der Waals surface area contributed by atoms with Gasteiger partial charge in [0.15, 0.2) is 6.61 Å². The molecule has 1 rings (SSSR count). The van der Waals surface area contributed by atoms with Crippen molar-refractivity contribution in [1.29, 1.82) is 0 Å². The first-order chi connectivity index (χ1) is 9.63. The minimum Gasteiger partial charge on any atom is -0.482 e. The van der Waals surface area contributed by atoms with Gasteiger partial charge in [-0.1, -0.05) is 19.1 Å². The lowest BCUT2D eigenvalue weighted by Gasteiger charge is -2.09. The Morgan fingerprint density at radius 1 is 1.15 bits per heavy atom. The number of nitrogens with one attached hydrogen (secondary N) is 2. The lowest BCUT2D eigenvalue weighted by atomic mass is 10.3. The molecule has 0 aliphatic carbocycles. The molecule has 0 aromatic heterocycles. The molecule has 0 aliphatic heterocycles. The second-order valence-corrected chi connectivity index (χ2v) is 4.28. The Morgan fingerprint density at radius 2 is 1.85 bits per heavy atom. The van der Waals surface area contributed by atoms with Crippen LogP contribution in [0.5, 0.6) is 5.75 Å². The molecule has 1 aromatic carbocycles. The quantitative estimate of drug-likeness (QED) is 0.610. The van der Waals surface area contributed by atoms with Crippen molar-refractivity contribution in [2.24, 2.45) is 0 Å². The summed E-state index contributed by atoms with van der Waals surface area (Å²) in [5.74, 6) is 0.125. The molecule has 0 bridgehead atoms. The van der Waals surface area contributed by atoms with E-state index in [4.69, 9.17) is 10.5 Å². The number of nitrogen functional groups attached to an aromatic ring is 1. The van der Waals surface area contributed by atoms with Gasteiger partial charge in [-0.15, -0.1) is 0 Å². The largest absolute Gasteiger partial charge is 0.482 e. The van der Waals surface area contributed by atoms with E-state index >= 15 is 0 Å². The maximum atomic E-state index is 11.5. The van der Waals surface area contributed by atoms with Gasteiger partial charge < -0.3 is 21.1 Å². The van der Waals surface area contributed by atoms with Crippen LogP contribution in [0, 0.1) is 0 Å². The molecule has 0 saturated heterocycles. The molecule has 4 N–H and O–H groups in total. The molecule has 0 heterocycles. The van der Waals surface area contributed by atoms with Gasteiger partial charge in [-0.2, -0.15) is 0 Å². The van der Waals surface area contributed by atoms with Crippen molar-refractivity contribution in [2.45, 2.75) is 19.8 Å². The molecule has 6 nitrogen and oxygen atoms in total. The van der Waals surface area contributed by atoms with Gasteiger partial charge in [0.05, 0.1) is 5.69 Å². The third-order valence-electron chi connectivity index (χ3n) is 2.52. The fraction of sp³-hybridized carbons (Fsp3) is 0.429. The average Bonchev–Trinajstić information content (AvgIpc) is 2.44. The van der Waals surface area contributed by atoms with E-state index in [1.165, 1.54) is 0 Å². The normalized spacial score (nSPS) is 9.85. The second-order valence-electron chi connectivity index (χ2n) is 4.28. The van der Waals surface area contributed by atoms with Crippen LogP contribution in [-0.4, -0.2) is 31.5 Å². The minimum absolute atomic E-state index is 0.0691. The maximum Gasteiger partial charge on any atom is 0.257 e. The number of carbonyl (C=O) groups is 2. The summed E-state index contributed by atoms with van der Waals surface area (Å²) in [4.78, 5) is 22.8. The van der Waals surface area contributed by atoms with Crippen molar-refractivity contribution in [2.75, 3.05) is 25.4 Å². The summed E-state index contributed by atoms with van der Waals surface area (Å²) in [7, 11) is 0. The number of benzene rings is 1. The van der Waals surface area contributed by atoms with Gasteiger partial charge in [0.2, 0.25) is 5.91 Å². The third kappa shape index (κ3) is 6.08. The summed E-state index contributed by atoms with van der Waals surface area (Å²) in [6, 6.07) is 6.96. The van der Waals surface area contributed by atoms with Crippen molar-refractivity contribution in [3.05, 3.63) is 24.3 Å². The molecule has 6 heteroatoms. The molecule has 2 amide bonds. The van der Waals surface area contributed by atoms with Crippen LogP contribution >= 0.6 is 0 Å². The summed E-state index contributed by atoms with van der Waals surface area (Å²) in [5, 5.41) is 5.35. The molecular weight excluding hydrogens is 258 g/mol. The summed E-state index contributed by atoms with van der Waals surface area (Å²) in [6.07, 6.45) is 1.16. The molecule has 0 saturated carbocycles. The number of anilines is 1. The Morgan fingerprint density at radius 3 is 2.55 bits per heavy atom. The highest BCUT2D eigenvalue weighted by Gasteiger charge is 2.05. The van der Waals surface area contributed by atoms with E-state index in [-0.39, 0.29) is 24.8 Å². The van der Waals surface area contributed by atoms with Gasteiger partial charge in [-0.3, -0.25) is 9.59 Å². The number of hydrogen-bond acceptors (Lipinski definition) is 4. The van der Waals surface area contributed by atoms with Gasteiger partial charge >= 0.3 is 0 Å². The smallest absolute Gasteiger partial charge is 0.257 e. The molecule has 1 aromatic rings. The Labute approximate surface area is 118 Å². The molecule has 0 fully saturated rings. The fourth-order valence-electron chi connectivity index (χ4n) is 1.47. The number of ether oxygens (including phenoxy) is 1. The van der Waals surface area contributed by atoms with E-state index in [0.717, 1.165) is 6.42 Å². The van der Waals surface area contributed by atoms with Gasteiger partial charge in [-0.25, -0.2) is 0 Å². The first kappa shape index (κ1) is 15.8.